The van der Waals surface area contributed by atoms with Crippen molar-refractivity contribution >= 4 is 12.0 Å². The molecule has 0 aromatic rings. The highest BCUT2D eigenvalue weighted by molar-refractivity contribution is 5.80. The number of carbonyl (C=O) groups is 2. The summed E-state index contributed by atoms with van der Waals surface area (Å²) < 4.78 is 0. The minimum Gasteiger partial charge on any atom is -0.481 e. The first-order valence-corrected chi connectivity index (χ1v) is 7.31. The molecule has 1 aliphatic rings. The van der Waals surface area contributed by atoms with E-state index in [1.807, 2.05) is 11.8 Å². The summed E-state index contributed by atoms with van der Waals surface area (Å²) >= 11 is 0. The molecule has 5 heteroatoms. The number of hydrogen-bond donors (Lipinski definition) is 2. The molecule has 0 aromatic carbocycles. The molecule has 0 saturated carbocycles. The maximum Gasteiger partial charge on any atom is 0.318 e. The summed E-state index contributed by atoms with van der Waals surface area (Å²) in [4.78, 5) is 25.6. The van der Waals surface area contributed by atoms with Crippen LogP contribution in [0.15, 0.2) is 0 Å². The molecule has 0 radical (unpaired) electrons. The Morgan fingerprint density at radius 1 is 1.20 bits per heavy atom. The standard InChI is InChI=1S/C15H28N2O3/c1-10-7-8-17(11(2)9-10)13(20)16-15(5,6)14(3,4)12(18)19/h10-11H,7-9H2,1-6H3,(H,16,20)(H,18,19). The van der Waals surface area contributed by atoms with Gasteiger partial charge in [0, 0.05) is 12.6 Å². The maximum atomic E-state index is 12.4. The number of nitrogens with one attached hydrogen (secondary N) is 1. The molecule has 0 aromatic heterocycles. The average Bonchev–Trinajstić information content (AvgIpc) is 2.27. The van der Waals surface area contributed by atoms with Gasteiger partial charge in [0.05, 0.1) is 11.0 Å². The largest absolute Gasteiger partial charge is 0.481 e. The highest BCUT2D eigenvalue weighted by Crippen LogP contribution is 2.31. The molecule has 20 heavy (non-hydrogen) atoms. The van der Waals surface area contributed by atoms with Crippen LogP contribution >= 0.6 is 0 Å². The molecule has 5 nitrogen and oxygen atoms in total. The van der Waals surface area contributed by atoms with Crippen LogP contribution in [-0.4, -0.2) is 40.1 Å². The Morgan fingerprint density at radius 2 is 1.75 bits per heavy atom. The van der Waals surface area contributed by atoms with Crippen molar-refractivity contribution in [1.29, 1.82) is 0 Å². The molecule has 1 aliphatic heterocycles. The van der Waals surface area contributed by atoms with E-state index in [9.17, 15) is 14.7 Å². The predicted molar refractivity (Wildman–Crippen MR) is 78.6 cm³/mol. The molecule has 1 saturated heterocycles. The monoisotopic (exact) mass is 284 g/mol. The van der Waals surface area contributed by atoms with Crippen LogP contribution in [0.5, 0.6) is 0 Å². The molecule has 0 spiro atoms. The number of carboxylic acids is 1. The van der Waals surface area contributed by atoms with Crippen molar-refractivity contribution in [1.82, 2.24) is 10.2 Å². The van der Waals surface area contributed by atoms with E-state index in [0.717, 1.165) is 19.4 Å². The second kappa shape index (κ2) is 5.62. The molecule has 2 unspecified atom stereocenters. The van der Waals surface area contributed by atoms with Crippen molar-refractivity contribution in [3.8, 4) is 0 Å². The van der Waals surface area contributed by atoms with E-state index >= 15 is 0 Å². The van der Waals surface area contributed by atoms with Crippen LogP contribution in [-0.2, 0) is 4.79 Å². The molecule has 0 bridgehead atoms. The van der Waals surface area contributed by atoms with E-state index in [0.29, 0.717) is 5.92 Å². The number of aliphatic carboxylic acids is 1. The van der Waals surface area contributed by atoms with Gasteiger partial charge in [0.1, 0.15) is 0 Å². The van der Waals surface area contributed by atoms with Crippen molar-refractivity contribution in [3.63, 3.8) is 0 Å². The number of hydrogen-bond acceptors (Lipinski definition) is 2. The molecule has 116 valence electrons. The SMILES string of the molecule is CC1CCN(C(=O)NC(C)(C)C(C)(C)C(=O)O)C(C)C1. The lowest BCUT2D eigenvalue weighted by Gasteiger charge is -2.43. The highest BCUT2D eigenvalue weighted by atomic mass is 16.4. The van der Waals surface area contributed by atoms with E-state index in [1.165, 1.54) is 0 Å². The number of carboxylic acid groups (broad SMARTS) is 1. The van der Waals surface area contributed by atoms with Crippen LogP contribution in [0.25, 0.3) is 0 Å². The molecular formula is C15H28N2O3. The molecule has 1 fully saturated rings. The molecule has 1 rings (SSSR count). The van der Waals surface area contributed by atoms with E-state index < -0.39 is 16.9 Å². The summed E-state index contributed by atoms with van der Waals surface area (Å²) in [7, 11) is 0. The van der Waals surface area contributed by atoms with Gasteiger partial charge >= 0.3 is 12.0 Å². The van der Waals surface area contributed by atoms with Gasteiger partial charge in [-0.05, 0) is 53.4 Å². The van der Waals surface area contributed by atoms with Crippen molar-refractivity contribution in [2.75, 3.05) is 6.54 Å². The van der Waals surface area contributed by atoms with Crippen LogP contribution in [0.2, 0.25) is 0 Å². The van der Waals surface area contributed by atoms with Crippen LogP contribution in [0, 0.1) is 11.3 Å². The summed E-state index contributed by atoms with van der Waals surface area (Å²) in [6, 6.07) is 0.0335. The Bertz CT molecular complexity index is 391. The Hall–Kier alpha value is -1.26. The number of carbonyl (C=O) groups excluding carboxylic acids is 1. The summed E-state index contributed by atoms with van der Waals surface area (Å²) in [6.07, 6.45) is 2.00. The summed E-state index contributed by atoms with van der Waals surface area (Å²) in [6.45, 7) is 11.8. The summed E-state index contributed by atoms with van der Waals surface area (Å²) in [5, 5.41) is 12.2. The first-order valence-electron chi connectivity index (χ1n) is 7.31. The zero-order valence-corrected chi connectivity index (χ0v) is 13.5. The molecule has 1 heterocycles. The van der Waals surface area contributed by atoms with Gasteiger partial charge < -0.3 is 15.3 Å². The fourth-order valence-corrected chi connectivity index (χ4v) is 2.47. The average molecular weight is 284 g/mol. The van der Waals surface area contributed by atoms with Gasteiger partial charge in [-0.25, -0.2) is 4.79 Å². The first-order chi connectivity index (χ1) is 8.99. The molecule has 2 N–H and O–H groups in total. The zero-order valence-electron chi connectivity index (χ0n) is 13.5. The predicted octanol–water partition coefficient (Wildman–Crippen LogP) is 2.71. The lowest BCUT2D eigenvalue weighted by molar-refractivity contribution is -0.150. The first kappa shape index (κ1) is 16.8. The fraction of sp³-hybridized carbons (Fsp3) is 0.867. The van der Waals surface area contributed by atoms with E-state index in [-0.39, 0.29) is 12.1 Å². The number of urea groups is 1. The second-order valence-electron chi connectivity index (χ2n) is 7.16. The Kier molecular flexibility index (Phi) is 4.72. The second-order valence-corrected chi connectivity index (χ2v) is 7.16. The third-order valence-corrected chi connectivity index (χ3v) is 4.92. The highest BCUT2D eigenvalue weighted by Gasteiger charge is 2.45. The lowest BCUT2D eigenvalue weighted by Crippen LogP contribution is -2.61. The van der Waals surface area contributed by atoms with Crippen molar-refractivity contribution in [3.05, 3.63) is 0 Å². The number of nitrogens with zero attached hydrogens (tertiary/aromatic N) is 1. The van der Waals surface area contributed by atoms with Gasteiger partial charge in [-0.2, -0.15) is 0 Å². The molecule has 0 aliphatic carbocycles. The lowest BCUT2D eigenvalue weighted by atomic mass is 9.74. The van der Waals surface area contributed by atoms with E-state index in [1.54, 1.807) is 27.7 Å². The minimum atomic E-state index is -1.03. The summed E-state index contributed by atoms with van der Waals surface area (Å²) in [5.74, 6) is -0.277. The Labute approximate surface area is 121 Å². The topological polar surface area (TPSA) is 69.6 Å². The van der Waals surface area contributed by atoms with Gasteiger partial charge in [-0.3, -0.25) is 4.79 Å². The van der Waals surface area contributed by atoms with Gasteiger partial charge in [0.15, 0.2) is 0 Å². The zero-order chi connectivity index (χ0) is 15.7. The third-order valence-electron chi connectivity index (χ3n) is 4.92. The number of likely N-dealkylation sites (tertiary alicyclic amines) is 1. The maximum absolute atomic E-state index is 12.4. The van der Waals surface area contributed by atoms with Crippen molar-refractivity contribution < 1.29 is 14.7 Å². The number of rotatable bonds is 3. The van der Waals surface area contributed by atoms with Crippen molar-refractivity contribution in [2.45, 2.75) is 66.0 Å². The van der Waals surface area contributed by atoms with Gasteiger partial charge in [-0.15, -0.1) is 0 Å². The van der Waals surface area contributed by atoms with Crippen molar-refractivity contribution in [2.24, 2.45) is 11.3 Å². The van der Waals surface area contributed by atoms with Crippen LogP contribution in [0.1, 0.15) is 54.4 Å². The Balaban J connectivity index is 2.77. The van der Waals surface area contributed by atoms with Crippen LogP contribution in [0.4, 0.5) is 4.79 Å². The van der Waals surface area contributed by atoms with E-state index in [2.05, 4.69) is 12.2 Å². The van der Waals surface area contributed by atoms with Gasteiger partial charge in [-0.1, -0.05) is 6.92 Å². The third kappa shape index (κ3) is 3.25. The Morgan fingerprint density at radius 3 is 2.20 bits per heavy atom. The van der Waals surface area contributed by atoms with Gasteiger partial charge in [0.2, 0.25) is 0 Å². The van der Waals surface area contributed by atoms with Crippen LogP contribution < -0.4 is 5.32 Å². The quantitative estimate of drug-likeness (QED) is 0.837. The van der Waals surface area contributed by atoms with Crippen LogP contribution in [0.3, 0.4) is 0 Å². The number of piperidine rings is 1. The van der Waals surface area contributed by atoms with Gasteiger partial charge in [0.25, 0.3) is 0 Å². The molecule has 2 amide bonds. The van der Waals surface area contributed by atoms with E-state index in [4.69, 9.17) is 0 Å². The smallest absolute Gasteiger partial charge is 0.318 e. The number of amides is 2. The normalized spacial score (nSPS) is 24.4. The fourth-order valence-electron chi connectivity index (χ4n) is 2.47. The minimum absolute atomic E-state index is 0.163. The molecule has 2 atom stereocenters. The summed E-state index contributed by atoms with van der Waals surface area (Å²) in [5.41, 5.74) is -1.85. The molecular weight excluding hydrogens is 256 g/mol.